The summed E-state index contributed by atoms with van der Waals surface area (Å²) in [5, 5.41) is 0. The van der Waals surface area contributed by atoms with Crippen LogP contribution in [0.25, 0.3) is 10.9 Å². The van der Waals surface area contributed by atoms with Crippen molar-refractivity contribution in [3.8, 4) is 0 Å². The number of fused-ring (bicyclic) bond motifs is 9. The van der Waals surface area contributed by atoms with Gasteiger partial charge in [0.15, 0.2) is 0 Å². The van der Waals surface area contributed by atoms with Crippen molar-refractivity contribution in [2.24, 2.45) is 0 Å². The molecule has 0 N–H and O–H groups in total. The quantitative estimate of drug-likeness (QED) is 0.164. The Labute approximate surface area is 459 Å². The molecule has 1 saturated carbocycles. The van der Waals surface area contributed by atoms with Crippen molar-refractivity contribution in [1.29, 1.82) is 0 Å². The normalized spacial score (nSPS) is 22.1. The molecular formula is C72H86BN3. The zero-order valence-electron chi connectivity index (χ0n) is 50.1. The van der Waals surface area contributed by atoms with Crippen LogP contribution in [-0.2, 0) is 37.9 Å². The second-order valence-electron chi connectivity index (χ2n) is 30.0. The summed E-state index contributed by atoms with van der Waals surface area (Å²) in [4.78, 5) is 8.42. The Morgan fingerprint density at radius 3 is 1.26 bits per heavy atom. The monoisotopic (exact) mass is 1000 g/mol. The Hall–Kier alpha value is -5.74. The maximum absolute atomic E-state index is 2.87. The van der Waals surface area contributed by atoms with Gasteiger partial charge in [-0.05, 0) is 175 Å². The fourth-order valence-corrected chi connectivity index (χ4v) is 15.7. The van der Waals surface area contributed by atoms with Crippen molar-refractivity contribution in [2.45, 2.75) is 208 Å². The third kappa shape index (κ3) is 6.99. The molecule has 76 heavy (non-hydrogen) atoms. The molecule has 0 amide bonds. The Bertz CT molecular complexity index is 3330. The number of nitrogens with zero attached hydrogens (tertiary/aromatic N) is 3. The van der Waals surface area contributed by atoms with Crippen LogP contribution >= 0.6 is 0 Å². The van der Waals surface area contributed by atoms with Gasteiger partial charge in [-0.1, -0.05) is 197 Å². The molecule has 12 rings (SSSR count). The first-order chi connectivity index (χ1) is 35.3. The molecule has 0 spiro atoms. The average molecular weight is 1000 g/mol. The molecule has 3 heterocycles. The van der Waals surface area contributed by atoms with E-state index in [1.807, 2.05) is 0 Å². The standard InChI is InChI=1S/C72H86BN3/c1-43-37-44(2)59-56(38-43)76(72(20)36-22-21-35-71(59,72)19)51-41-57-62-58(42-51)75(50-31-25-46(26-32-50)66(6,7)8)64-61(53-34-28-48(68(12,13)14)40-55(53)70(64,17)18)73(62)60-52-33-27-47(67(9,10)11)39-54(52)69(15,16)63(60)74(57)49-29-23-45(24-30-49)65(3,4)5/h23-34,37-42H,21-22,35-36H2,1-20H3. The zero-order valence-corrected chi connectivity index (χ0v) is 50.1. The first kappa shape index (κ1) is 51.0. The number of rotatable bonds is 3. The van der Waals surface area contributed by atoms with Gasteiger partial charge < -0.3 is 14.7 Å². The van der Waals surface area contributed by atoms with Crippen LogP contribution in [0.4, 0.5) is 34.1 Å². The van der Waals surface area contributed by atoms with E-state index in [1.54, 1.807) is 5.56 Å². The van der Waals surface area contributed by atoms with Crippen LogP contribution in [-0.4, -0.2) is 12.3 Å². The van der Waals surface area contributed by atoms with Gasteiger partial charge in [-0.2, -0.15) is 0 Å². The van der Waals surface area contributed by atoms with Crippen molar-refractivity contribution >= 4 is 57.2 Å². The summed E-state index contributed by atoms with van der Waals surface area (Å²) in [7, 11) is 0. The van der Waals surface area contributed by atoms with Crippen molar-refractivity contribution in [2.75, 3.05) is 14.7 Å². The van der Waals surface area contributed by atoms with Gasteiger partial charge in [0.1, 0.15) is 0 Å². The molecule has 6 aliphatic rings. The fourth-order valence-electron chi connectivity index (χ4n) is 15.7. The van der Waals surface area contributed by atoms with E-state index in [0.717, 1.165) is 6.42 Å². The summed E-state index contributed by atoms with van der Waals surface area (Å²) in [6.45, 7) is 48.3. The van der Waals surface area contributed by atoms with E-state index >= 15 is 0 Å². The summed E-state index contributed by atoms with van der Waals surface area (Å²) < 4.78 is 0. The number of hydrogen-bond donors (Lipinski definition) is 0. The molecular weight excluding hydrogens is 918 g/mol. The van der Waals surface area contributed by atoms with E-state index in [9.17, 15) is 0 Å². The molecule has 0 aromatic heterocycles. The molecule has 6 aromatic carbocycles. The van der Waals surface area contributed by atoms with E-state index in [4.69, 9.17) is 0 Å². The van der Waals surface area contributed by atoms with Gasteiger partial charge in [0.2, 0.25) is 0 Å². The van der Waals surface area contributed by atoms with Crippen molar-refractivity contribution in [3.63, 3.8) is 0 Å². The van der Waals surface area contributed by atoms with Crippen LogP contribution in [0.2, 0.25) is 0 Å². The number of anilines is 6. The lowest BCUT2D eigenvalue weighted by molar-refractivity contribution is 0.194. The largest absolute Gasteiger partial charge is 0.334 e. The molecule has 2 unspecified atom stereocenters. The molecule has 0 bridgehead atoms. The molecule has 2 atom stereocenters. The van der Waals surface area contributed by atoms with Crippen molar-refractivity contribution in [3.05, 3.63) is 182 Å². The zero-order chi connectivity index (χ0) is 54.6. The van der Waals surface area contributed by atoms with Gasteiger partial charge in [0.05, 0.1) is 5.54 Å². The van der Waals surface area contributed by atoms with Gasteiger partial charge in [-0.15, -0.1) is 0 Å². The van der Waals surface area contributed by atoms with Crippen LogP contribution in [0, 0.1) is 13.8 Å². The summed E-state index contributed by atoms with van der Waals surface area (Å²) >= 11 is 0. The molecule has 1 fully saturated rings. The van der Waals surface area contributed by atoms with Gasteiger partial charge in [-0.3, -0.25) is 0 Å². The highest BCUT2D eigenvalue weighted by Crippen LogP contribution is 2.66. The lowest BCUT2D eigenvalue weighted by atomic mass is 9.31. The van der Waals surface area contributed by atoms with Crippen LogP contribution in [0.15, 0.2) is 121 Å². The molecule has 4 heteroatoms. The highest BCUT2D eigenvalue weighted by Gasteiger charge is 2.61. The molecule has 3 aliphatic heterocycles. The van der Waals surface area contributed by atoms with Crippen LogP contribution in [0.1, 0.15) is 212 Å². The number of hydrogen-bond acceptors (Lipinski definition) is 3. The summed E-state index contributed by atoms with van der Waals surface area (Å²) in [6.07, 6.45) is 4.82. The van der Waals surface area contributed by atoms with E-state index in [0.29, 0.717) is 0 Å². The summed E-state index contributed by atoms with van der Waals surface area (Å²) in [5.41, 5.74) is 29.5. The third-order valence-electron chi connectivity index (χ3n) is 20.1. The summed E-state index contributed by atoms with van der Waals surface area (Å²) in [5.74, 6) is 0. The molecule has 392 valence electrons. The maximum Gasteiger partial charge on any atom is 0.252 e. The minimum atomic E-state index is -0.335. The van der Waals surface area contributed by atoms with Crippen molar-refractivity contribution in [1.82, 2.24) is 0 Å². The second kappa shape index (κ2) is 15.9. The molecule has 3 nitrogen and oxygen atoms in total. The smallest absolute Gasteiger partial charge is 0.252 e. The van der Waals surface area contributed by atoms with Crippen LogP contribution in [0.5, 0.6) is 0 Å². The second-order valence-corrected chi connectivity index (χ2v) is 30.0. The lowest BCUT2D eigenvalue weighted by Gasteiger charge is -2.52. The molecule has 0 radical (unpaired) electrons. The van der Waals surface area contributed by atoms with Gasteiger partial charge in [-0.25, -0.2) is 0 Å². The highest BCUT2D eigenvalue weighted by atomic mass is 15.3. The minimum Gasteiger partial charge on any atom is -0.334 e. The highest BCUT2D eigenvalue weighted by molar-refractivity contribution is 7.06. The number of benzene rings is 6. The van der Waals surface area contributed by atoms with E-state index in [-0.39, 0.29) is 50.2 Å². The predicted molar refractivity (Wildman–Crippen MR) is 329 cm³/mol. The SMILES string of the molecule is Cc1cc(C)c2c(c1)N(c1cc3c4c(c1)N(c1ccc(C(C)(C)C)cc1)C1=C(B4C4=C(N3c3ccc(C(C)(C)C)cc3)C(C)(C)c3cc(C(C)(C)C)ccc34)c3ccc(C(C)(C)C)cc3C1(C)C)C1(C)CCCCC21C. The third-order valence-corrected chi connectivity index (χ3v) is 20.1. The number of allylic oxidation sites excluding steroid dienone is 2. The molecule has 3 aliphatic carbocycles. The number of aryl methyl sites for hydroxylation is 2. The fraction of sp³-hybridized carbons (Fsp3) is 0.444. The summed E-state index contributed by atoms with van der Waals surface area (Å²) in [6, 6.07) is 44.9. The average Bonchev–Trinajstić information content (AvgIpc) is 3.91. The van der Waals surface area contributed by atoms with Gasteiger partial charge in [0, 0.05) is 61.8 Å². The van der Waals surface area contributed by atoms with Gasteiger partial charge in [0.25, 0.3) is 6.71 Å². The van der Waals surface area contributed by atoms with E-state index in [2.05, 4.69) is 262 Å². The predicted octanol–water partition coefficient (Wildman–Crippen LogP) is 18.7. The maximum atomic E-state index is 2.87. The van der Waals surface area contributed by atoms with Crippen LogP contribution in [0.3, 0.4) is 0 Å². The van der Waals surface area contributed by atoms with Crippen molar-refractivity contribution < 1.29 is 0 Å². The molecule has 0 saturated heterocycles. The Morgan fingerprint density at radius 1 is 0.434 bits per heavy atom. The van der Waals surface area contributed by atoms with Gasteiger partial charge >= 0.3 is 0 Å². The van der Waals surface area contributed by atoms with E-state index in [1.165, 1.54) is 137 Å². The van der Waals surface area contributed by atoms with E-state index < -0.39 is 0 Å². The first-order valence-electron chi connectivity index (χ1n) is 29.0. The Balaban J connectivity index is 1.26. The lowest BCUT2D eigenvalue weighted by Crippen LogP contribution is -2.55. The topological polar surface area (TPSA) is 9.72 Å². The first-order valence-corrected chi connectivity index (χ1v) is 29.0. The Kier molecular flexibility index (Phi) is 10.7. The molecule has 6 aromatic rings. The minimum absolute atomic E-state index is 0.00305. The Morgan fingerprint density at radius 2 is 0.842 bits per heavy atom. The van der Waals surface area contributed by atoms with Crippen LogP contribution < -0.4 is 20.2 Å².